The van der Waals surface area contributed by atoms with Gasteiger partial charge in [0.2, 0.25) is 0 Å². The Morgan fingerprint density at radius 3 is 2.44 bits per heavy atom. The van der Waals surface area contributed by atoms with Crippen LogP contribution in [-0.4, -0.2) is 16.5 Å². The van der Waals surface area contributed by atoms with Crippen LogP contribution in [0.25, 0.3) is 0 Å². The molecule has 1 aliphatic rings. The van der Waals surface area contributed by atoms with Crippen LogP contribution in [0.2, 0.25) is 10.0 Å². The van der Waals surface area contributed by atoms with E-state index in [9.17, 15) is 9.90 Å². The lowest BCUT2D eigenvalue weighted by molar-refractivity contribution is 0.00426. The van der Waals surface area contributed by atoms with Crippen LogP contribution in [-0.2, 0) is 0 Å². The number of aliphatic hydroxyl groups is 1. The summed E-state index contributed by atoms with van der Waals surface area (Å²) in [6.45, 7) is 2.14. The normalized spacial score (nSPS) is 28.1. The van der Waals surface area contributed by atoms with E-state index in [0.717, 1.165) is 12.8 Å². The summed E-state index contributed by atoms with van der Waals surface area (Å²) in [6, 6.07) is 4.74. The lowest BCUT2D eigenvalue weighted by Crippen LogP contribution is -2.41. The fourth-order valence-corrected chi connectivity index (χ4v) is 2.67. The van der Waals surface area contributed by atoms with E-state index in [0.29, 0.717) is 34.4 Å². The van der Waals surface area contributed by atoms with Crippen LogP contribution in [0.15, 0.2) is 18.2 Å². The average Bonchev–Trinajstić information content (AvgIpc) is 2.36. The molecule has 1 aromatic carbocycles. The molecular weight excluding hydrogens is 271 g/mol. The lowest BCUT2D eigenvalue weighted by atomic mass is 9.76. The molecule has 0 radical (unpaired) electrons. The van der Waals surface area contributed by atoms with Crippen LogP contribution < -0.4 is 0 Å². The van der Waals surface area contributed by atoms with Crippen molar-refractivity contribution in [2.24, 2.45) is 5.92 Å². The van der Waals surface area contributed by atoms with Gasteiger partial charge in [0.1, 0.15) is 5.60 Å². The maximum Gasteiger partial charge on any atom is 0.194 e. The van der Waals surface area contributed by atoms with Gasteiger partial charge < -0.3 is 5.11 Å². The summed E-state index contributed by atoms with van der Waals surface area (Å²) in [5.41, 5.74) is -0.801. The van der Waals surface area contributed by atoms with Gasteiger partial charge >= 0.3 is 0 Å². The molecule has 0 aromatic heterocycles. The minimum Gasteiger partial charge on any atom is -0.382 e. The first kappa shape index (κ1) is 13.9. The lowest BCUT2D eigenvalue weighted by Gasteiger charge is -2.33. The van der Waals surface area contributed by atoms with Crippen molar-refractivity contribution in [1.82, 2.24) is 0 Å². The van der Waals surface area contributed by atoms with Crippen LogP contribution in [0.3, 0.4) is 0 Å². The molecule has 2 rings (SSSR count). The van der Waals surface area contributed by atoms with Gasteiger partial charge in [0.25, 0.3) is 0 Å². The van der Waals surface area contributed by atoms with Gasteiger partial charge in [-0.2, -0.15) is 0 Å². The summed E-state index contributed by atoms with van der Waals surface area (Å²) >= 11 is 11.7. The molecule has 0 unspecified atom stereocenters. The van der Waals surface area contributed by atoms with Gasteiger partial charge in [-0.25, -0.2) is 0 Å². The predicted octanol–water partition coefficient (Wildman–Crippen LogP) is 4.12. The van der Waals surface area contributed by atoms with E-state index < -0.39 is 5.60 Å². The fraction of sp³-hybridized carbons (Fsp3) is 0.500. The molecule has 1 saturated carbocycles. The first-order valence-corrected chi connectivity index (χ1v) is 6.90. The number of carbonyl (C=O) groups excluding carboxylic acids is 1. The smallest absolute Gasteiger partial charge is 0.194 e. The Bertz CT molecular complexity index is 463. The number of rotatable bonds is 2. The second-order valence-electron chi connectivity index (χ2n) is 5.17. The molecule has 18 heavy (non-hydrogen) atoms. The first-order valence-electron chi connectivity index (χ1n) is 6.14. The zero-order valence-corrected chi connectivity index (χ0v) is 11.8. The molecule has 2 nitrogen and oxygen atoms in total. The third-order valence-corrected chi connectivity index (χ3v) is 4.44. The third kappa shape index (κ3) is 2.71. The zero-order chi connectivity index (χ0) is 13.3. The van der Waals surface area contributed by atoms with Gasteiger partial charge in [0, 0.05) is 5.56 Å². The van der Waals surface area contributed by atoms with E-state index in [1.54, 1.807) is 12.1 Å². The highest BCUT2D eigenvalue weighted by Gasteiger charge is 2.39. The van der Waals surface area contributed by atoms with Gasteiger partial charge in [-0.05, 0) is 49.8 Å². The predicted molar refractivity (Wildman–Crippen MR) is 73.4 cm³/mol. The second kappa shape index (κ2) is 5.20. The van der Waals surface area contributed by atoms with E-state index in [1.807, 2.05) is 0 Å². The summed E-state index contributed by atoms with van der Waals surface area (Å²) < 4.78 is 0. The van der Waals surface area contributed by atoms with Crippen molar-refractivity contribution >= 4 is 29.0 Å². The van der Waals surface area contributed by atoms with Gasteiger partial charge in [-0.1, -0.05) is 30.1 Å². The number of Topliss-reactive ketones (excluding diaryl/α,β-unsaturated/α-hetero) is 1. The van der Waals surface area contributed by atoms with E-state index >= 15 is 0 Å². The Hall–Kier alpha value is -0.570. The van der Waals surface area contributed by atoms with Gasteiger partial charge in [0.05, 0.1) is 10.0 Å². The second-order valence-corrected chi connectivity index (χ2v) is 5.99. The van der Waals surface area contributed by atoms with Gasteiger partial charge in [-0.15, -0.1) is 0 Å². The van der Waals surface area contributed by atoms with Gasteiger partial charge in [-0.3, -0.25) is 4.79 Å². The van der Waals surface area contributed by atoms with Crippen LogP contribution in [0.4, 0.5) is 0 Å². The molecule has 1 N–H and O–H groups in total. The summed E-state index contributed by atoms with van der Waals surface area (Å²) in [6.07, 6.45) is 2.80. The molecule has 4 heteroatoms. The zero-order valence-electron chi connectivity index (χ0n) is 10.2. The van der Waals surface area contributed by atoms with Crippen molar-refractivity contribution < 1.29 is 9.90 Å². The summed E-state index contributed by atoms with van der Waals surface area (Å²) in [5.74, 6) is 0.333. The number of hydrogen-bond donors (Lipinski definition) is 1. The summed E-state index contributed by atoms with van der Waals surface area (Å²) in [4.78, 5) is 12.3. The molecule has 0 atom stereocenters. The monoisotopic (exact) mass is 286 g/mol. The molecule has 0 aliphatic heterocycles. The van der Waals surface area contributed by atoms with E-state index in [-0.39, 0.29) is 5.78 Å². The molecule has 1 aliphatic carbocycles. The number of halogens is 2. The Morgan fingerprint density at radius 2 is 1.89 bits per heavy atom. The van der Waals surface area contributed by atoms with Crippen LogP contribution in [0, 0.1) is 5.92 Å². The highest BCUT2D eigenvalue weighted by Crippen LogP contribution is 2.35. The molecule has 0 saturated heterocycles. The topological polar surface area (TPSA) is 37.3 Å². The minimum atomic E-state index is -1.23. The molecule has 0 heterocycles. The largest absolute Gasteiger partial charge is 0.382 e. The van der Waals surface area contributed by atoms with Crippen molar-refractivity contribution in [3.63, 3.8) is 0 Å². The van der Waals surface area contributed by atoms with E-state index in [1.165, 1.54) is 6.07 Å². The van der Waals surface area contributed by atoms with Crippen molar-refractivity contribution in [1.29, 1.82) is 0 Å². The van der Waals surface area contributed by atoms with Gasteiger partial charge in [0.15, 0.2) is 5.78 Å². The summed E-state index contributed by atoms with van der Waals surface area (Å²) in [7, 11) is 0. The summed E-state index contributed by atoms with van der Waals surface area (Å²) in [5, 5.41) is 11.2. The molecule has 0 spiro atoms. The van der Waals surface area contributed by atoms with Crippen LogP contribution >= 0.6 is 23.2 Å². The van der Waals surface area contributed by atoms with Crippen molar-refractivity contribution in [2.75, 3.05) is 0 Å². The first-order chi connectivity index (χ1) is 8.42. The minimum absolute atomic E-state index is 0.243. The van der Waals surface area contributed by atoms with Crippen molar-refractivity contribution in [3.05, 3.63) is 33.8 Å². The van der Waals surface area contributed by atoms with Crippen LogP contribution in [0.5, 0.6) is 0 Å². The van der Waals surface area contributed by atoms with E-state index in [4.69, 9.17) is 23.2 Å². The molecule has 1 aromatic rings. The Labute approximate surface area is 117 Å². The highest BCUT2D eigenvalue weighted by atomic mass is 35.5. The molecule has 1 fully saturated rings. The van der Waals surface area contributed by atoms with Crippen LogP contribution in [0.1, 0.15) is 43.0 Å². The van der Waals surface area contributed by atoms with Crippen molar-refractivity contribution in [3.8, 4) is 0 Å². The molecular formula is C14H16Cl2O2. The number of hydrogen-bond acceptors (Lipinski definition) is 2. The van der Waals surface area contributed by atoms with Crippen molar-refractivity contribution in [2.45, 2.75) is 38.2 Å². The Kier molecular flexibility index (Phi) is 4.00. The maximum atomic E-state index is 12.3. The maximum absolute atomic E-state index is 12.3. The molecule has 0 amide bonds. The van der Waals surface area contributed by atoms with E-state index in [2.05, 4.69) is 6.92 Å². The third-order valence-electron chi connectivity index (χ3n) is 3.71. The average molecular weight is 287 g/mol. The highest BCUT2D eigenvalue weighted by molar-refractivity contribution is 6.42. The number of ketones is 1. The SMILES string of the molecule is CC1CCC(O)(C(=O)c2ccc(Cl)c(Cl)c2)CC1. The molecule has 0 bridgehead atoms. The Balaban J connectivity index is 2.22. The molecule has 98 valence electrons. The fourth-order valence-electron chi connectivity index (χ4n) is 2.37. The standard InChI is InChI=1S/C14H16Cl2O2/c1-9-4-6-14(18,7-5-9)13(17)10-2-3-11(15)12(16)8-10/h2-3,8-9,18H,4-7H2,1H3. The number of benzene rings is 1. The Morgan fingerprint density at radius 1 is 1.28 bits per heavy atom. The quantitative estimate of drug-likeness (QED) is 0.831. The number of carbonyl (C=O) groups is 1.